The monoisotopic (exact) mass is 458 g/mol. The number of nitrogens with zero attached hydrogens (tertiary/aromatic N) is 4. The molecular weight excluding hydrogens is 423 g/mol. The zero-order chi connectivity index (χ0) is 23.5. The van der Waals surface area contributed by atoms with E-state index in [9.17, 15) is 9.18 Å². The molecule has 3 heterocycles. The van der Waals surface area contributed by atoms with E-state index in [2.05, 4.69) is 32.0 Å². The number of pyridine rings is 2. The van der Waals surface area contributed by atoms with Crippen LogP contribution in [0.1, 0.15) is 54.9 Å². The molecule has 4 rings (SSSR count). The van der Waals surface area contributed by atoms with E-state index in [1.807, 2.05) is 6.20 Å². The third kappa shape index (κ3) is 8.03. The highest BCUT2D eigenvalue weighted by Crippen LogP contribution is 2.19. The number of rotatable bonds is 6. The molecule has 1 aliphatic carbocycles. The molecule has 9 heteroatoms. The first kappa shape index (κ1) is 25.0. The van der Waals surface area contributed by atoms with Crippen molar-refractivity contribution in [3.63, 3.8) is 0 Å². The van der Waals surface area contributed by atoms with Gasteiger partial charge in [-0.2, -0.15) is 10.3 Å². The zero-order valence-electron chi connectivity index (χ0n) is 19.4. The topological polar surface area (TPSA) is 96.6 Å². The molecule has 2 aromatic rings. The minimum Gasteiger partial charge on any atom is -0.411 e. The van der Waals surface area contributed by atoms with Crippen LogP contribution in [0.15, 0.2) is 36.8 Å². The van der Waals surface area contributed by atoms with Crippen LogP contribution in [-0.2, 0) is 6.54 Å². The van der Waals surface area contributed by atoms with Crippen LogP contribution in [-0.4, -0.2) is 64.4 Å². The molecule has 0 unspecified atom stereocenters. The van der Waals surface area contributed by atoms with Gasteiger partial charge in [0.25, 0.3) is 5.91 Å². The molecule has 1 amide bonds. The van der Waals surface area contributed by atoms with Crippen LogP contribution >= 0.6 is 0 Å². The number of hydrogen-bond donors (Lipinski definition) is 2. The van der Waals surface area contributed by atoms with Crippen LogP contribution in [0.5, 0.6) is 5.75 Å². The van der Waals surface area contributed by atoms with Gasteiger partial charge < -0.3 is 15.1 Å². The Morgan fingerprint density at radius 1 is 1.12 bits per heavy atom. The number of likely N-dealkylation sites (N-methyl/N-ethyl adjacent to an activating group) is 1. The third-order valence-corrected chi connectivity index (χ3v) is 6.22. The molecule has 1 aliphatic heterocycles. The lowest BCUT2D eigenvalue weighted by atomic mass is 9.95. The highest BCUT2D eigenvalue weighted by Gasteiger charge is 2.18. The number of piperazine rings is 1. The average Bonchev–Trinajstić information content (AvgIpc) is 2.86. The lowest BCUT2D eigenvalue weighted by Crippen LogP contribution is -2.45. The molecule has 2 aliphatic rings. The second-order valence-electron chi connectivity index (χ2n) is 8.49. The summed E-state index contributed by atoms with van der Waals surface area (Å²) in [5.74, 6) is 5.25. The lowest BCUT2D eigenvalue weighted by molar-refractivity contribution is 0.0927. The maximum Gasteiger partial charge on any atom is 0.253 e. The Hall–Kier alpha value is -2.62. The van der Waals surface area contributed by atoms with E-state index < -0.39 is 5.95 Å². The molecule has 180 valence electrons. The van der Waals surface area contributed by atoms with Gasteiger partial charge in [-0.3, -0.25) is 14.7 Å². The van der Waals surface area contributed by atoms with Gasteiger partial charge >= 0.3 is 0 Å². The van der Waals surface area contributed by atoms with Gasteiger partial charge in [0.2, 0.25) is 5.95 Å². The van der Waals surface area contributed by atoms with Crippen molar-refractivity contribution in [2.45, 2.75) is 51.6 Å². The van der Waals surface area contributed by atoms with Crippen LogP contribution in [0.25, 0.3) is 0 Å². The predicted molar refractivity (Wildman–Crippen MR) is 125 cm³/mol. The number of amides is 1. The molecule has 0 radical (unpaired) electrons. The van der Waals surface area contributed by atoms with Crippen molar-refractivity contribution in [2.75, 3.05) is 32.7 Å². The van der Waals surface area contributed by atoms with E-state index in [0.717, 1.165) is 63.4 Å². The van der Waals surface area contributed by atoms with Crippen molar-refractivity contribution in [3.05, 3.63) is 53.9 Å². The molecule has 3 N–H and O–H groups in total. The average molecular weight is 459 g/mol. The summed E-state index contributed by atoms with van der Waals surface area (Å²) in [5, 5.41) is 2.95. The fourth-order valence-corrected chi connectivity index (χ4v) is 4.18. The second-order valence-corrected chi connectivity index (χ2v) is 8.49. The SMILES string of the molecule is CCN1CCN(Cc2cnccc2ON)CC1.O=C(NC1CCCCC1)c1ccc(F)nc1. The smallest absolute Gasteiger partial charge is 0.253 e. The Morgan fingerprint density at radius 3 is 2.48 bits per heavy atom. The number of carbonyl (C=O) groups is 1. The van der Waals surface area contributed by atoms with Crippen molar-refractivity contribution in [1.82, 2.24) is 25.1 Å². The van der Waals surface area contributed by atoms with Crippen LogP contribution in [0.2, 0.25) is 0 Å². The van der Waals surface area contributed by atoms with Gasteiger partial charge in [0.1, 0.15) is 0 Å². The summed E-state index contributed by atoms with van der Waals surface area (Å²) in [6.45, 7) is 8.65. The molecule has 33 heavy (non-hydrogen) atoms. The number of nitrogens with one attached hydrogen (secondary N) is 1. The van der Waals surface area contributed by atoms with E-state index in [1.54, 1.807) is 12.3 Å². The van der Waals surface area contributed by atoms with E-state index >= 15 is 0 Å². The molecule has 0 aromatic carbocycles. The Balaban J connectivity index is 0.000000186. The minimum absolute atomic E-state index is 0.153. The number of nitrogens with two attached hydrogens (primary N) is 1. The summed E-state index contributed by atoms with van der Waals surface area (Å²) in [6.07, 6.45) is 10.5. The molecule has 0 atom stereocenters. The van der Waals surface area contributed by atoms with Crippen LogP contribution < -0.4 is 16.1 Å². The quantitative estimate of drug-likeness (QED) is 0.508. The number of aromatic nitrogens is 2. The summed E-state index contributed by atoms with van der Waals surface area (Å²) in [4.78, 5) is 29.1. The zero-order valence-corrected chi connectivity index (χ0v) is 19.4. The molecule has 0 spiro atoms. The van der Waals surface area contributed by atoms with Gasteiger partial charge in [-0.1, -0.05) is 26.2 Å². The van der Waals surface area contributed by atoms with Crippen molar-refractivity contribution in [1.29, 1.82) is 0 Å². The minimum atomic E-state index is -0.561. The van der Waals surface area contributed by atoms with Gasteiger partial charge in [-0.05, 0) is 31.5 Å². The Labute approximate surface area is 195 Å². The molecule has 2 fully saturated rings. The van der Waals surface area contributed by atoms with E-state index in [1.165, 1.54) is 37.6 Å². The largest absolute Gasteiger partial charge is 0.411 e. The first-order valence-corrected chi connectivity index (χ1v) is 11.8. The molecule has 8 nitrogen and oxygen atoms in total. The molecular formula is C24H35FN6O2. The Morgan fingerprint density at radius 2 is 1.85 bits per heavy atom. The van der Waals surface area contributed by atoms with E-state index in [-0.39, 0.29) is 11.9 Å². The summed E-state index contributed by atoms with van der Waals surface area (Å²) < 4.78 is 12.6. The van der Waals surface area contributed by atoms with Gasteiger partial charge in [0.15, 0.2) is 5.75 Å². The first-order valence-electron chi connectivity index (χ1n) is 11.8. The number of hydrogen-bond acceptors (Lipinski definition) is 7. The summed E-state index contributed by atoms with van der Waals surface area (Å²) >= 11 is 0. The van der Waals surface area contributed by atoms with Crippen molar-refractivity contribution >= 4 is 5.91 Å². The number of carbonyl (C=O) groups excluding carboxylic acids is 1. The fraction of sp³-hybridized carbons (Fsp3) is 0.542. The standard InChI is InChI=1S/C12H15FN2O.C12H20N4O/c13-11-7-6-9(8-14-11)12(16)15-10-4-2-1-3-5-10;1-2-15-5-7-16(8-6-15)10-11-9-14-4-3-12(11)17-13/h6-8,10H,1-5H2,(H,15,16);3-4,9H,2,5-8,10,13H2,1H3. The highest BCUT2D eigenvalue weighted by molar-refractivity contribution is 5.94. The van der Waals surface area contributed by atoms with Gasteiger partial charge in [0.05, 0.1) is 5.56 Å². The van der Waals surface area contributed by atoms with Crippen LogP contribution in [0, 0.1) is 5.95 Å². The maximum absolute atomic E-state index is 12.6. The summed E-state index contributed by atoms with van der Waals surface area (Å²) in [5.41, 5.74) is 1.48. The highest BCUT2D eigenvalue weighted by atomic mass is 19.1. The van der Waals surface area contributed by atoms with Crippen LogP contribution in [0.3, 0.4) is 0 Å². The molecule has 0 bridgehead atoms. The predicted octanol–water partition coefficient (Wildman–Crippen LogP) is 2.75. The normalized spacial score (nSPS) is 17.7. The maximum atomic E-state index is 12.6. The summed E-state index contributed by atoms with van der Waals surface area (Å²) in [7, 11) is 0. The van der Waals surface area contributed by atoms with E-state index in [0.29, 0.717) is 5.56 Å². The summed E-state index contributed by atoms with van der Waals surface area (Å²) in [6, 6.07) is 4.74. The molecule has 1 saturated heterocycles. The Bertz CT molecular complexity index is 852. The second kappa shape index (κ2) is 13.2. The molecule has 2 aromatic heterocycles. The van der Waals surface area contributed by atoms with Gasteiger partial charge in [0, 0.05) is 69.0 Å². The van der Waals surface area contributed by atoms with Crippen molar-refractivity contribution in [3.8, 4) is 5.75 Å². The lowest BCUT2D eigenvalue weighted by Gasteiger charge is -2.34. The molecule has 1 saturated carbocycles. The van der Waals surface area contributed by atoms with Crippen molar-refractivity contribution < 1.29 is 14.0 Å². The van der Waals surface area contributed by atoms with E-state index in [4.69, 9.17) is 10.7 Å². The number of halogens is 1. The van der Waals surface area contributed by atoms with Gasteiger partial charge in [-0.25, -0.2) is 4.98 Å². The fourth-order valence-electron chi connectivity index (χ4n) is 4.18. The van der Waals surface area contributed by atoms with Crippen LogP contribution in [0.4, 0.5) is 4.39 Å². The Kier molecular flexibility index (Phi) is 9.99. The first-order chi connectivity index (χ1) is 16.1. The van der Waals surface area contributed by atoms with Gasteiger partial charge in [-0.15, -0.1) is 0 Å². The van der Waals surface area contributed by atoms with Crippen molar-refractivity contribution in [2.24, 2.45) is 5.90 Å². The third-order valence-electron chi connectivity index (χ3n) is 6.22.